The highest BCUT2D eigenvalue weighted by Crippen LogP contribution is 2.50. The Labute approximate surface area is 121 Å². The molecular weight excluding hydrogens is 280 g/mol. The first-order chi connectivity index (χ1) is 9.73. The van der Waals surface area contributed by atoms with E-state index in [1.54, 1.807) is 26.0 Å². The summed E-state index contributed by atoms with van der Waals surface area (Å²) < 4.78 is 14.2. The minimum atomic E-state index is -2.91. The molecule has 114 valence electrons. The van der Waals surface area contributed by atoms with E-state index in [9.17, 15) is 19.8 Å². The van der Waals surface area contributed by atoms with Gasteiger partial charge in [-0.25, -0.2) is 9.59 Å². The summed E-state index contributed by atoms with van der Waals surface area (Å²) in [4.78, 5) is 24.0. The second-order valence-electron chi connectivity index (χ2n) is 4.84. The molecule has 7 nitrogen and oxygen atoms in total. The molecule has 0 aromatic heterocycles. The fourth-order valence-electron chi connectivity index (χ4n) is 2.47. The summed E-state index contributed by atoms with van der Waals surface area (Å²) in [6, 6.07) is 3.31. The Kier molecular flexibility index (Phi) is 3.43. The zero-order valence-corrected chi connectivity index (χ0v) is 12.1. The lowest BCUT2D eigenvalue weighted by Gasteiger charge is -2.31. The van der Waals surface area contributed by atoms with Gasteiger partial charge in [-0.05, 0) is 25.0 Å². The third kappa shape index (κ3) is 1.74. The van der Waals surface area contributed by atoms with E-state index in [1.807, 2.05) is 0 Å². The molecule has 1 aromatic rings. The molecule has 0 fully saturated rings. The van der Waals surface area contributed by atoms with Crippen LogP contribution in [0, 0.1) is 13.8 Å². The summed E-state index contributed by atoms with van der Waals surface area (Å²) in [6.45, 7) is 3.26. The van der Waals surface area contributed by atoms with Crippen LogP contribution >= 0.6 is 0 Å². The zero-order valence-electron chi connectivity index (χ0n) is 12.1. The van der Waals surface area contributed by atoms with Gasteiger partial charge in [-0.15, -0.1) is 0 Å². The standard InChI is InChI=1S/C14H16O7/c1-7-5-6-8(2)10-9(7)13(17,11(15)19-3)14(18,21-10)12(16)20-4/h5-6,17-18H,1-4H3. The van der Waals surface area contributed by atoms with Crippen molar-refractivity contribution < 1.29 is 34.0 Å². The summed E-state index contributed by atoms with van der Waals surface area (Å²) in [5.74, 6) is -5.38. The van der Waals surface area contributed by atoms with Crippen molar-refractivity contribution in [3.8, 4) is 5.75 Å². The highest BCUT2D eigenvalue weighted by molar-refractivity contribution is 5.95. The van der Waals surface area contributed by atoms with E-state index in [2.05, 4.69) is 9.47 Å². The molecule has 0 amide bonds. The van der Waals surface area contributed by atoms with Gasteiger partial charge in [0.2, 0.25) is 0 Å². The quantitative estimate of drug-likeness (QED) is 0.736. The smallest absolute Gasteiger partial charge is 0.383 e. The molecule has 2 atom stereocenters. The van der Waals surface area contributed by atoms with E-state index in [1.165, 1.54) is 0 Å². The number of esters is 2. The maximum absolute atomic E-state index is 12.1. The van der Waals surface area contributed by atoms with Gasteiger partial charge >= 0.3 is 17.7 Å². The molecule has 21 heavy (non-hydrogen) atoms. The SMILES string of the molecule is COC(=O)C1(O)Oc2c(C)ccc(C)c2C1(O)C(=O)OC. The van der Waals surface area contributed by atoms with Gasteiger partial charge in [0.1, 0.15) is 5.75 Å². The van der Waals surface area contributed by atoms with E-state index in [0.29, 0.717) is 11.1 Å². The van der Waals surface area contributed by atoms with E-state index < -0.39 is 23.3 Å². The predicted molar refractivity (Wildman–Crippen MR) is 69.4 cm³/mol. The Morgan fingerprint density at radius 3 is 2.10 bits per heavy atom. The highest BCUT2D eigenvalue weighted by Gasteiger charge is 2.71. The summed E-state index contributed by atoms with van der Waals surface area (Å²) in [7, 11) is 2.03. The number of rotatable bonds is 2. The number of fused-ring (bicyclic) bond motifs is 1. The summed E-state index contributed by atoms with van der Waals surface area (Å²) in [6.07, 6.45) is 0. The Morgan fingerprint density at radius 2 is 1.57 bits per heavy atom. The van der Waals surface area contributed by atoms with Crippen molar-refractivity contribution in [3.63, 3.8) is 0 Å². The van der Waals surface area contributed by atoms with Crippen molar-refractivity contribution in [2.24, 2.45) is 0 Å². The molecule has 1 aliphatic heterocycles. The van der Waals surface area contributed by atoms with Crippen molar-refractivity contribution in [2.45, 2.75) is 25.2 Å². The molecule has 7 heteroatoms. The van der Waals surface area contributed by atoms with Crippen LogP contribution in [-0.2, 0) is 24.7 Å². The highest BCUT2D eigenvalue weighted by atomic mass is 16.7. The van der Waals surface area contributed by atoms with Crippen LogP contribution in [0.3, 0.4) is 0 Å². The number of aliphatic hydroxyl groups is 2. The molecule has 0 bridgehead atoms. The molecule has 2 rings (SSSR count). The molecule has 2 unspecified atom stereocenters. The first kappa shape index (κ1) is 15.3. The van der Waals surface area contributed by atoms with Gasteiger partial charge in [0.25, 0.3) is 5.60 Å². The van der Waals surface area contributed by atoms with E-state index >= 15 is 0 Å². The first-order valence-corrected chi connectivity index (χ1v) is 6.15. The van der Waals surface area contributed by atoms with Crippen molar-refractivity contribution in [2.75, 3.05) is 14.2 Å². The fourth-order valence-corrected chi connectivity index (χ4v) is 2.47. The number of carbonyl (C=O) groups is 2. The largest absolute Gasteiger partial charge is 0.466 e. The molecule has 0 saturated heterocycles. The predicted octanol–water partition coefficient (Wildman–Crippen LogP) is -0.0820. The van der Waals surface area contributed by atoms with Gasteiger partial charge in [0, 0.05) is 5.56 Å². The van der Waals surface area contributed by atoms with Crippen LogP contribution in [0.1, 0.15) is 16.7 Å². The number of ether oxygens (including phenoxy) is 3. The van der Waals surface area contributed by atoms with Gasteiger partial charge < -0.3 is 24.4 Å². The topological polar surface area (TPSA) is 102 Å². The second kappa shape index (κ2) is 4.71. The molecular formula is C14H16O7. The van der Waals surface area contributed by atoms with Crippen LogP contribution in [-0.4, -0.2) is 42.2 Å². The number of aryl methyl sites for hydroxylation is 2. The lowest BCUT2D eigenvalue weighted by Crippen LogP contribution is -2.62. The van der Waals surface area contributed by atoms with Crippen molar-refractivity contribution in [3.05, 3.63) is 28.8 Å². The maximum atomic E-state index is 12.1. The van der Waals surface area contributed by atoms with Crippen LogP contribution in [0.5, 0.6) is 5.75 Å². The number of carbonyl (C=O) groups excluding carboxylic acids is 2. The van der Waals surface area contributed by atoms with E-state index in [4.69, 9.17) is 4.74 Å². The third-order valence-electron chi connectivity index (χ3n) is 3.61. The molecule has 2 N–H and O–H groups in total. The molecule has 0 saturated carbocycles. The Hall–Kier alpha value is -2.12. The average Bonchev–Trinajstić information content (AvgIpc) is 2.73. The lowest BCUT2D eigenvalue weighted by atomic mass is 9.84. The molecule has 1 aromatic carbocycles. The van der Waals surface area contributed by atoms with Crippen LogP contribution in [0.4, 0.5) is 0 Å². The van der Waals surface area contributed by atoms with E-state index in [-0.39, 0.29) is 11.3 Å². The Bertz CT molecular complexity index is 624. The van der Waals surface area contributed by atoms with Gasteiger partial charge in [-0.2, -0.15) is 0 Å². The zero-order chi connectivity index (χ0) is 16.0. The monoisotopic (exact) mass is 296 g/mol. The van der Waals surface area contributed by atoms with Gasteiger partial charge in [0.05, 0.1) is 14.2 Å². The summed E-state index contributed by atoms with van der Waals surface area (Å²) in [5.41, 5.74) is -1.72. The molecule has 0 radical (unpaired) electrons. The lowest BCUT2D eigenvalue weighted by molar-refractivity contribution is -0.254. The molecule has 1 heterocycles. The minimum absolute atomic E-state index is 0.0118. The van der Waals surface area contributed by atoms with Crippen molar-refractivity contribution in [1.29, 1.82) is 0 Å². The molecule has 1 aliphatic rings. The average molecular weight is 296 g/mol. The molecule has 0 aliphatic carbocycles. The maximum Gasteiger partial charge on any atom is 0.383 e. The van der Waals surface area contributed by atoms with Crippen LogP contribution in [0.25, 0.3) is 0 Å². The van der Waals surface area contributed by atoms with E-state index in [0.717, 1.165) is 14.2 Å². The Morgan fingerprint density at radius 1 is 1.05 bits per heavy atom. The number of benzene rings is 1. The van der Waals surface area contributed by atoms with Crippen molar-refractivity contribution in [1.82, 2.24) is 0 Å². The van der Waals surface area contributed by atoms with Crippen LogP contribution < -0.4 is 4.74 Å². The minimum Gasteiger partial charge on any atom is -0.466 e. The number of methoxy groups -OCH3 is 2. The molecule has 0 spiro atoms. The third-order valence-corrected chi connectivity index (χ3v) is 3.61. The number of hydrogen-bond donors (Lipinski definition) is 2. The summed E-state index contributed by atoms with van der Waals surface area (Å²) in [5, 5.41) is 21.3. The summed E-state index contributed by atoms with van der Waals surface area (Å²) >= 11 is 0. The van der Waals surface area contributed by atoms with Crippen molar-refractivity contribution >= 4 is 11.9 Å². The second-order valence-corrected chi connectivity index (χ2v) is 4.84. The fraction of sp³-hybridized carbons (Fsp3) is 0.429. The van der Waals surface area contributed by atoms with Crippen LogP contribution in [0.15, 0.2) is 12.1 Å². The first-order valence-electron chi connectivity index (χ1n) is 6.15. The van der Waals surface area contributed by atoms with Crippen LogP contribution in [0.2, 0.25) is 0 Å². The van der Waals surface area contributed by atoms with Gasteiger partial charge in [0.15, 0.2) is 0 Å². The van der Waals surface area contributed by atoms with Gasteiger partial charge in [-0.1, -0.05) is 12.1 Å². The van der Waals surface area contributed by atoms with Gasteiger partial charge in [-0.3, -0.25) is 0 Å². The number of hydrogen-bond acceptors (Lipinski definition) is 7. The normalized spacial score (nSPS) is 26.8. The Balaban J connectivity index is 2.81.